The summed E-state index contributed by atoms with van der Waals surface area (Å²) in [6.07, 6.45) is -1.54. The van der Waals surface area contributed by atoms with Gasteiger partial charge in [0.1, 0.15) is 0 Å². The Labute approximate surface area is 98.7 Å². The molecule has 0 bridgehead atoms. The first-order valence-electron chi connectivity index (χ1n) is 5.26. The largest absolute Gasteiger partial charge is 0.401 e. The molecular formula is C9H18F3N3S. The van der Waals surface area contributed by atoms with E-state index in [0.29, 0.717) is 12.8 Å². The smallest absolute Gasteiger partial charge is 0.318 e. The molecule has 1 rings (SSSR count). The van der Waals surface area contributed by atoms with Crippen LogP contribution in [-0.2, 0) is 0 Å². The van der Waals surface area contributed by atoms with Crippen molar-refractivity contribution < 1.29 is 13.2 Å². The van der Waals surface area contributed by atoms with Crippen molar-refractivity contribution in [1.29, 1.82) is 0 Å². The summed E-state index contributed by atoms with van der Waals surface area (Å²) in [6, 6.07) is -0.220. The number of rotatable bonds is 3. The van der Waals surface area contributed by atoms with Gasteiger partial charge in [0.05, 0.1) is 11.4 Å². The second kappa shape index (κ2) is 5.12. The predicted octanol–water partition coefficient (Wildman–Crippen LogP) is 1.29. The van der Waals surface area contributed by atoms with Crippen molar-refractivity contribution in [1.82, 2.24) is 4.90 Å². The highest BCUT2D eigenvalue weighted by molar-refractivity contribution is 7.81. The van der Waals surface area contributed by atoms with Crippen molar-refractivity contribution in [3.8, 4) is 0 Å². The number of thiol groups is 1. The van der Waals surface area contributed by atoms with Crippen LogP contribution >= 0.6 is 12.6 Å². The van der Waals surface area contributed by atoms with Gasteiger partial charge in [0.25, 0.3) is 0 Å². The van der Waals surface area contributed by atoms with Crippen LogP contribution in [0.3, 0.4) is 0 Å². The van der Waals surface area contributed by atoms with Crippen LogP contribution < -0.4 is 11.5 Å². The van der Waals surface area contributed by atoms with E-state index in [1.807, 2.05) is 0 Å². The summed E-state index contributed by atoms with van der Waals surface area (Å²) < 4.78 is 36.9. The minimum atomic E-state index is -4.22. The molecule has 1 aliphatic carbocycles. The zero-order valence-electron chi connectivity index (χ0n) is 9.00. The molecule has 16 heavy (non-hydrogen) atoms. The van der Waals surface area contributed by atoms with E-state index in [-0.39, 0.29) is 12.7 Å². The fourth-order valence-corrected chi connectivity index (χ4v) is 2.51. The van der Waals surface area contributed by atoms with E-state index < -0.39 is 17.6 Å². The van der Waals surface area contributed by atoms with Crippen molar-refractivity contribution >= 4 is 12.6 Å². The maximum atomic E-state index is 12.3. The highest BCUT2D eigenvalue weighted by Gasteiger charge is 2.37. The van der Waals surface area contributed by atoms with E-state index in [0.717, 1.165) is 12.8 Å². The first-order valence-corrected chi connectivity index (χ1v) is 5.70. The van der Waals surface area contributed by atoms with Crippen LogP contribution in [0.1, 0.15) is 25.7 Å². The van der Waals surface area contributed by atoms with Crippen LogP contribution in [-0.4, -0.2) is 35.2 Å². The summed E-state index contributed by atoms with van der Waals surface area (Å²) in [4.78, 5) is 0.568. The number of nitrogens with zero attached hydrogens (tertiary/aromatic N) is 1. The summed E-state index contributed by atoms with van der Waals surface area (Å²) in [6.45, 7) is -1.08. The molecule has 1 saturated carbocycles. The predicted molar refractivity (Wildman–Crippen MR) is 60.0 cm³/mol. The lowest BCUT2D eigenvalue weighted by Crippen LogP contribution is -2.51. The van der Waals surface area contributed by atoms with Crippen molar-refractivity contribution in [2.24, 2.45) is 11.5 Å². The van der Waals surface area contributed by atoms with Crippen LogP contribution in [0.5, 0.6) is 0 Å². The van der Waals surface area contributed by atoms with Gasteiger partial charge >= 0.3 is 6.18 Å². The van der Waals surface area contributed by atoms with E-state index >= 15 is 0 Å². The molecule has 1 aliphatic rings. The molecule has 0 aliphatic heterocycles. The third-order valence-electron chi connectivity index (χ3n) is 2.87. The minimum Gasteiger partial charge on any atom is -0.318 e. The Morgan fingerprint density at radius 2 is 2.06 bits per heavy atom. The maximum absolute atomic E-state index is 12.3. The van der Waals surface area contributed by atoms with Gasteiger partial charge in [-0.2, -0.15) is 25.8 Å². The van der Waals surface area contributed by atoms with Gasteiger partial charge in [0, 0.05) is 12.7 Å². The molecule has 96 valence electrons. The van der Waals surface area contributed by atoms with Crippen LogP contribution in [0.25, 0.3) is 0 Å². The highest BCUT2D eigenvalue weighted by Crippen LogP contribution is 2.32. The first-order chi connectivity index (χ1) is 7.23. The molecule has 0 aromatic rings. The lowest BCUT2D eigenvalue weighted by Gasteiger charge is -2.40. The lowest BCUT2D eigenvalue weighted by atomic mass is 9.90. The Morgan fingerprint density at radius 3 is 2.50 bits per heavy atom. The van der Waals surface area contributed by atoms with Crippen molar-refractivity contribution in [2.45, 2.75) is 42.8 Å². The molecule has 0 heterocycles. The van der Waals surface area contributed by atoms with Gasteiger partial charge in [-0.1, -0.05) is 0 Å². The number of alkyl halides is 3. The first kappa shape index (κ1) is 14.1. The average molecular weight is 257 g/mol. The summed E-state index contributed by atoms with van der Waals surface area (Å²) in [7, 11) is 0. The van der Waals surface area contributed by atoms with E-state index in [2.05, 4.69) is 12.6 Å². The number of hydrogen-bond donors (Lipinski definition) is 3. The lowest BCUT2D eigenvalue weighted by molar-refractivity contribution is -0.152. The van der Waals surface area contributed by atoms with Gasteiger partial charge in [-0.25, -0.2) is 0 Å². The second-order valence-electron chi connectivity index (χ2n) is 4.40. The van der Waals surface area contributed by atoms with Gasteiger partial charge in [-0.15, -0.1) is 0 Å². The van der Waals surface area contributed by atoms with Crippen LogP contribution in [0.2, 0.25) is 0 Å². The summed E-state index contributed by atoms with van der Waals surface area (Å²) in [5, 5.41) is 0. The molecule has 7 heteroatoms. The standard InChI is InChI=1S/C9H18F3N3S/c10-9(11,12)5-15(6-13)7-2-1-3-8(14,16)4-7/h7,16H,1-6,13-14H2/t7-,8?/m0/s1. The third kappa shape index (κ3) is 4.48. The molecule has 0 spiro atoms. The zero-order valence-corrected chi connectivity index (χ0v) is 9.90. The van der Waals surface area contributed by atoms with Crippen LogP contribution in [0.4, 0.5) is 13.2 Å². The van der Waals surface area contributed by atoms with Gasteiger partial charge in [-0.3, -0.25) is 4.90 Å². The Hall–Kier alpha value is 0.0200. The SMILES string of the molecule is NCN(CC(F)(F)F)[C@H]1CCCC(N)(S)C1. The fourth-order valence-electron chi connectivity index (χ4n) is 2.14. The van der Waals surface area contributed by atoms with Crippen molar-refractivity contribution in [2.75, 3.05) is 13.2 Å². The molecule has 4 N–H and O–H groups in total. The number of halogens is 3. The molecular weight excluding hydrogens is 239 g/mol. The average Bonchev–Trinajstić information content (AvgIpc) is 2.11. The Balaban J connectivity index is 2.59. The summed E-state index contributed by atoms with van der Waals surface area (Å²) in [5.41, 5.74) is 11.2. The second-order valence-corrected chi connectivity index (χ2v) is 5.29. The van der Waals surface area contributed by atoms with Gasteiger partial charge in [-0.05, 0) is 25.7 Å². The van der Waals surface area contributed by atoms with Gasteiger partial charge < -0.3 is 11.5 Å². The van der Waals surface area contributed by atoms with Crippen molar-refractivity contribution in [3.63, 3.8) is 0 Å². The molecule has 0 aromatic heterocycles. The van der Waals surface area contributed by atoms with E-state index in [4.69, 9.17) is 11.5 Å². The third-order valence-corrected chi connectivity index (χ3v) is 3.28. The van der Waals surface area contributed by atoms with Gasteiger partial charge in [0.15, 0.2) is 0 Å². The molecule has 0 radical (unpaired) electrons. The normalized spacial score (nSPS) is 32.1. The monoisotopic (exact) mass is 257 g/mol. The summed E-state index contributed by atoms with van der Waals surface area (Å²) in [5.74, 6) is 0. The van der Waals surface area contributed by atoms with Crippen LogP contribution in [0.15, 0.2) is 0 Å². The molecule has 0 saturated heterocycles. The molecule has 1 fully saturated rings. The topological polar surface area (TPSA) is 55.3 Å². The Bertz CT molecular complexity index is 231. The fraction of sp³-hybridized carbons (Fsp3) is 1.00. The van der Waals surface area contributed by atoms with Gasteiger partial charge in [0.2, 0.25) is 0 Å². The minimum absolute atomic E-state index is 0.103. The number of nitrogens with two attached hydrogens (primary N) is 2. The van der Waals surface area contributed by atoms with E-state index in [9.17, 15) is 13.2 Å². The maximum Gasteiger partial charge on any atom is 0.401 e. The molecule has 3 nitrogen and oxygen atoms in total. The Morgan fingerprint density at radius 1 is 1.44 bits per heavy atom. The van der Waals surface area contributed by atoms with Crippen molar-refractivity contribution in [3.05, 3.63) is 0 Å². The molecule has 1 unspecified atom stereocenters. The zero-order chi connectivity index (χ0) is 12.4. The molecule has 0 amide bonds. The highest BCUT2D eigenvalue weighted by atomic mass is 32.1. The van der Waals surface area contributed by atoms with Crippen LogP contribution in [0, 0.1) is 0 Å². The Kier molecular flexibility index (Phi) is 4.50. The number of hydrogen-bond acceptors (Lipinski definition) is 4. The molecule has 0 aromatic carbocycles. The summed E-state index contributed by atoms with van der Waals surface area (Å²) >= 11 is 4.25. The molecule has 2 atom stereocenters. The van der Waals surface area contributed by atoms with E-state index in [1.54, 1.807) is 0 Å². The van der Waals surface area contributed by atoms with E-state index in [1.165, 1.54) is 4.90 Å². The quantitative estimate of drug-likeness (QED) is 0.527.